The first-order valence-corrected chi connectivity index (χ1v) is 27.0. The summed E-state index contributed by atoms with van der Waals surface area (Å²) in [5.41, 5.74) is -3.02. The Kier molecular flexibility index (Phi) is 24.7. The minimum atomic E-state index is -5.27. The highest BCUT2D eigenvalue weighted by Crippen LogP contribution is 2.68. The first kappa shape index (κ1) is 56.5. The summed E-state index contributed by atoms with van der Waals surface area (Å²) in [5, 5.41) is 0. The van der Waals surface area contributed by atoms with Crippen molar-refractivity contribution in [2.75, 3.05) is 0 Å². The van der Waals surface area contributed by atoms with Crippen LogP contribution in [0.3, 0.4) is 0 Å². The van der Waals surface area contributed by atoms with Gasteiger partial charge in [0.25, 0.3) is 0 Å². The molecule has 0 amide bonds. The molecule has 0 rings (SSSR count). The Hall–Kier alpha value is 1.77. The van der Waals surface area contributed by atoms with Gasteiger partial charge in [0.15, 0.2) is 6.49 Å². The van der Waals surface area contributed by atoms with Crippen molar-refractivity contribution in [3.63, 3.8) is 0 Å². The van der Waals surface area contributed by atoms with Gasteiger partial charge in [-0.2, -0.15) is 8.62 Å². The largest absolute Gasteiger partial charge is 0.488 e. The Morgan fingerprint density at radius 2 is 0.604 bits per heavy atom. The number of phosphoric acid groups is 5. The maximum absolute atomic E-state index is 11.1. The van der Waals surface area contributed by atoms with Crippen molar-refractivity contribution in [1.82, 2.24) is 0 Å². The van der Waals surface area contributed by atoms with Crippen LogP contribution in [0.15, 0.2) is 0 Å². The first-order chi connectivity index (χ1) is 20.3. The third-order valence-electron chi connectivity index (χ3n) is 3.71. The maximum Gasteiger partial charge on any atom is 0.488 e. The smallest absolute Gasteiger partial charge is 0.345 e. The van der Waals surface area contributed by atoms with Crippen molar-refractivity contribution in [2.45, 2.75) is 78.0 Å². The Labute approximate surface area is 279 Å². The topological polar surface area (TPSA) is 446 Å². The summed E-state index contributed by atoms with van der Waals surface area (Å²) in [6.07, 6.45) is 0. The lowest BCUT2D eigenvalue weighted by molar-refractivity contribution is 0.219. The summed E-state index contributed by atoms with van der Waals surface area (Å²) >= 11 is 4.48. The van der Waals surface area contributed by atoms with Gasteiger partial charge >= 0.3 is 61.9 Å². The number of hydrogen-bond donors (Lipinski definition) is 13. The van der Waals surface area contributed by atoms with Gasteiger partial charge in [-0.15, -0.1) is 0 Å². The molecule has 0 aliphatic carbocycles. The molecular weight excluding hydrogens is 871 g/mol. The van der Waals surface area contributed by atoms with Crippen molar-refractivity contribution >= 4 is 80.2 Å². The van der Waals surface area contributed by atoms with Crippen LogP contribution in [-0.4, -0.2) is 86.3 Å². The first-order valence-electron chi connectivity index (χ1n) is 11.7. The average Bonchev–Trinajstić information content (AvgIpc) is 2.66. The highest BCUT2D eigenvalue weighted by atomic mass is 32.5. The average molecular weight is 912 g/mol. The van der Waals surface area contributed by atoms with Gasteiger partial charge < -0.3 is 63.6 Å². The molecule has 36 heteroatoms. The monoisotopic (exact) mass is 912 g/mol. The molecule has 0 aromatic carbocycles. The summed E-state index contributed by atoms with van der Waals surface area (Å²) in [4.78, 5) is 110. The van der Waals surface area contributed by atoms with Crippen molar-refractivity contribution in [3.05, 3.63) is 0 Å². The van der Waals surface area contributed by atoms with E-state index in [4.69, 9.17) is 58.7 Å². The van der Waals surface area contributed by atoms with E-state index >= 15 is 0 Å². The van der Waals surface area contributed by atoms with E-state index < -0.39 is 91.0 Å². The molecule has 0 spiro atoms. The molecule has 0 aromatic rings. The normalized spacial score (nSPS) is 19.2. The summed E-state index contributed by atoms with van der Waals surface area (Å²) in [6, 6.07) is 0. The van der Waals surface area contributed by atoms with E-state index in [0.29, 0.717) is 0 Å². The van der Waals surface area contributed by atoms with Gasteiger partial charge in [0.05, 0.1) is 17.0 Å². The van der Waals surface area contributed by atoms with Gasteiger partial charge in [-0.05, 0) is 11.8 Å². The van der Waals surface area contributed by atoms with E-state index in [-0.39, 0.29) is 0 Å². The highest BCUT2D eigenvalue weighted by molar-refractivity contribution is 8.11. The molecule has 0 aliphatic heterocycles. The predicted molar refractivity (Wildman–Crippen MR) is 170 cm³/mol. The molecule has 13 N–H and O–H groups in total. The molecule has 5 unspecified atom stereocenters. The van der Waals surface area contributed by atoms with Gasteiger partial charge in [0.1, 0.15) is 0 Å². The fourth-order valence-electron chi connectivity index (χ4n) is 1.03. The third kappa shape index (κ3) is 33.6. The molecule has 48 heavy (non-hydrogen) atoms. The van der Waals surface area contributed by atoms with Crippen LogP contribution in [0.2, 0.25) is 0 Å². The van der Waals surface area contributed by atoms with Gasteiger partial charge in [-0.1, -0.05) is 55.4 Å². The molecule has 26 nitrogen and oxygen atoms in total. The summed E-state index contributed by atoms with van der Waals surface area (Å²) < 4.78 is 103. The lowest BCUT2D eigenvalue weighted by Gasteiger charge is -2.21. The zero-order valence-electron chi connectivity index (χ0n) is 25.9. The standard InChI is InChI=1S/C3H11O9P3.C3H11O8P3S.C3H10O6P2.C3H9O3P/c1-3(2)13(4,5)11-15(9,10)12-14(6,7)8;1-3(2)12(4,15)10-14(8,9)11-13(5,6)7;1-3(2)10(4,5)9-11(6,7)8;1-3(2)7(4,5)6/h3H,1-2H3,(H,4,5)(H,9,10)(H2,6,7,8);3H,1-2H3,(H,4,15)(H,8,9)(H2,5,6,7);3H,1-2H3,(H,4,5)(H2,6,7,8);3H,1-2H3,(H2,4,5,6). The lowest BCUT2D eigenvalue weighted by atomic mass is 10.6. The highest BCUT2D eigenvalue weighted by Gasteiger charge is 2.41. The molecule has 0 heterocycles. The Bertz CT molecular complexity index is 1360. The zero-order chi connectivity index (χ0) is 40.3. The van der Waals surface area contributed by atoms with Gasteiger partial charge in [-0.25, -0.2) is 35.8 Å². The van der Waals surface area contributed by atoms with Crippen LogP contribution in [0, 0.1) is 0 Å². The Morgan fingerprint density at radius 1 is 0.375 bits per heavy atom. The SMILES string of the molecule is CC(C)P(=O)(O)O.CC(C)P(=O)(O)OP(=O)(O)O.CC(C)P(=O)(O)OP(=O)(O)OP(=O)(O)O.CC(C)P(O)(=S)OP(=O)(O)OP(=O)(O)O. The fraction of sp³-hybridized carbons (Fsp3) is 1.00. The quantitative estimate of drug-likeness (QED) is 0.111. The van der Waals surface area contributed by atoms with Gasteiger partial charge in [-0.3, -0.25) is 13.7 Å². The lowest BCUT2D eigenvalue weighted by Crippen LogP contribution is -2.01. The van der Waals surface area contributed by atoms with Crippen molar-refractivity contribution in [2.24, 2.45) is 0 Å². The zero-order valence-corrected chi connectivity index (χ0v) is 34.7. The van der Waals surface area contributed by atoms with Crippen LogP contribution >= 0.6 is 68.4 Å². The molecule has 296 valence electrons. The molecule has 0 aliphatic rings. The van der Waals surface area contributed by atoms with E-state index in [1.54, 1.807) is 0 Å². The molecule has 0 fully saturated rings. The second kappa shape index (κ2) is 21.0. The summed E-state index contributed by atoms with van der Waals surface area (Å²) in [6.45, 7) is 7.31. The van der Waals surface area contributed by atoms with Crippen molar-refractivity contribution in [1.29, 1.82) is 0 Å². The fourth-order valence-corrected chi connectivity index (χ4v) is 10.6. The van der Waals surface area contributed by atoms with Gasteiger partial charge in [0, 0.05) is 5.66 Å². The van der Waals surface area contributed by atoms with E-state index in [0.717, 1.165) is 0 Å². The van der Waals surface area contributed by atoms with Crippen molar-refractivity contribution < 1.29 is 122 Å². The molecular formula is C12H41O26P9S. The minimum absolute atomic E-state index is 0.535. The second-order valence-electron chi connectivity index (χ2n) is 9.47. The Morgan fingerprint density at radius 3 is 0.771 bits per heavy atom. The van der Waals surface area contributed by atoms with Crippen LogP contribution < -0.4 is 0 Å². The van der Waals surface area contributed by atoms with Crippen LogP contribution in [-0.2, 0) is 69.9 Å². The number of rotatable bonds is 14. The molecule has 0 aromatic heterocycles. The molecule has 0 radical (unpaired) electrons. The van der Waals surface area contributed by atoms with Crippen LogP contribution in [0.25, 0.3) is 0 Å². The maximum atomic E-state index is 11.1. The van der Waals surface area contributed by atoms with Crippen LogP contribution in [0.1, 0.15) is 55.4 Å². The summed E-state index contributed by atoms with van der Waals surface area (Å²) in [5.74, 6) is 0. The van der Waals surface area contributed by atoms with E-state index in [2.05, 4.69) is 33.4 Å². The predicted octanol–water partition coefficient (Wildman–Crippen LogP) is 2.99. The minimum Gasteiger partial charge on any atom is -0.345 e. The third-order valence-corrected chi connectivity index (χ3v) is 19.5. The second-order valence-corrected chi connectivity index (χ2v) is 27.8. The van der Waals surface area contributed by atoms with Crippen LogP contribution in [0.5, 0.6) is 0 Å². The van der Waals surface area contributed by atoms with E-state index in [1.165, 1.54) is 55.4 Å². The molecule has 0 saturated carbocycles. The molecule has 5 atom stereocenters. The summed E-state index contributed by atoms with van der Waals surface area (Å²) in [7, 11) is -38.0. The van der Waals surface area contributed by atoms with E-state index in [1.807, 2.05) is 0 Å². The van der Waals surface area contributed by atoms with Crippen molar-refractivity contribution in [3.8, 4) is 0 Å². The van der Waals surface area contributed by atoms with Gasteiger partial charge in [0.2, 0.25) is 0 Å². The molecule has 0 saturated heterocycles. The molecule has 0 bridgehead atoms. The van der Waals surface area contributed by atoms with Crippen LogP contribution in [0.4, 0.5) is 0 Å². The number of hydrogen-bond acceptors (Lipinski definition) is 14. The van der Waals surface area contributed by atoms with E-state index in [9.17, 15) is 41.4 Å². The Balaban J connectivity index is -0.000000278.